The summed E-state index contributed by atoms with van der Waals surface area (Å²) in [6.45, 7) is 0. The molecule has 1 aliphatic rings. The fraction of sp³-hybridized carbons (Fsp3) is 0.467. The molecule has 1 amide bonds. The third-order valence-electron chi connectivity index (χ3n) is 3.68. The largest absolute Gasteiger partial charge is 0.353 e. The lowest BCUT2D eigenvalue weighted by atomic mass is 9.95. The van der Waals surface area contributed by atoms with Gasteiger partial charge in [0.25, 0.3) is 5.89 Å². The maximum Gasteiger partial charge on any atom is 0.258 e. The molecule has 6 heteroatoms. The second kappa shape index (κ2) is 6.47. The summed E-state index contributed by atoms with van der Waals surface area (Å²) >= 11 is 0. The highest BCUT2D eigenvalue weighted by atomic mass is 16.5. The number of carbonyl (C=O) groups is 1. The van der Waals surface area contributed by atoms with Gasteiger partial charge in [-0.15, -0.1) is 0 Å². The number of hydrogen-bond acceptors (Lipinski definition) is 5. The first-order valence-electron chi connectivity index (χ1n) is 7.33. The molecule has 110 valence electrons. The molecule has 0 radical (unpaired) electrons. The van der Waals surface area contributed by atoms with Crippen molar-refractivity contribution in [1.29, 1.82) is 0 Å². The van der Waals surface area contributed by atoms with Gasteiger partial charge < -0.3 is 9.84 Å². The predicted octanol–water partition coefficient (Wildman–Crippen LogP) is 2.12. The monoisotopic (exact) mass is 286 g/mol. The van der Waals surface area contributed by atoms with Gasteiger partial charge >= 0.3 is 0 Å². The average molecular weight is 286 g/mol. The van der Waals surface area contributed by atoms with E-state index in [-0.39, 0.29) is 12.3 Å². The van der Waals surface area contributed by atoms with E-state index in [0.29, 0.717) is 17.8 Å². The lowest BCUT2D eigenvalue weighted by Gasteiger charge is -2.22. The van der Waals surface area contributed by atoms with Crippen LogP contribution in [0, 0.1) is 0 Å². The second-order valence-electron chi connectivity index (χ2n) is 5.33. The topological polar surface area (TPSA) is 80.9 Å². The van der Waals surface area contributed by atoms with Crippen LogP contribution < -0.4 is 5.32 Å². The summed E-state index contributed by atoms with van der Waals surface area (Å²) in [7, 11) is 0. The fourth-order valence-corrected chi connectivity index (χ4v) is 2.61. The summed E-state index contributed by atoms with van der Waals surface area (Å²) in [5, 5.41) is 6.90. The molecule has 1 fully saturated rings. The Hall–Kier alpha value is -2.24. The van der Waals surface area contributed by atoms with Crippen LogP contribution >= 0.6 is 0 Å². The van der Waals surface area contributed by atoms with E-state index < -0.39 is 0 Å². The minimum Gasteiger partial charge on any atom is -0.353 e. The van der Waals surface area contributed by atoms with Gasteiger partial charge in [-0.25, -0.2) is 0 Å². The average Bonchev–Trinajstić information content (AvgIpc) is 2.97. The highest BCUT2D eigenvalue weighted by molar-refractivity contribution is 5.78. The van der Waals surface area contributed by atoms with Crippen LogP contribution in [0.5, 0.6) is 0 Å². The summed E-state index contributed by atoms with van der Waals surface area (Å²) in [4.78, 5) is 20.2. The Morgan fingerprint density at radius 1 is 1.24 bits per heavy atom. The van der Waals surface area contributed by atoms with Crippen molar-refractivity contribution in [2.45, 2.75) is 44.6 Å². The van der Waals surface area contributed by atoms with Crippen molar-refractivity contribution in [1.82, 2.24) is 20.4 Å². The Labute approximate surface area is 123 Å². The molecule has 2 heterocycles. The van der Waals surface area contributed by atoms with Crippen LogP contribution in [0.25, 0.3) is 11.5 Å². The van der Waals surface area contributed by atoms with Gasteiger partial charge in [0.1, 0.15) is 0 Å². The first-order valence-corrected chi connectivity index (χ1v) is 7.33. The molecular formula is C15H18N4O2. The molecule has 2 aromatic rings. The number of aromatic nitrogens is 3. The zero-order chi connectivity index (χ0) is 14.5. The van der Waals surface area contributed by atoms with Crippen molar-refractivity contribution in [2.75, 3.05) is 0 Å². The van der Waals surface area contributed by atoms with Crippen LogP contribution in [-0.4, -0.2) is 27.1 Å². The minimum atomic E-state index is -0.0380. The number of nitrogens with one attached hydrogen (secondary N) is 1. The van der Waals surface area contributed by atoms with E-state index in [1.807, 2.05) is 0 Å². The SMILES string of the molecule is O=C(Cc1noc(-c2ccncc2)n1)NC1CCCCC1. The van der Waals surface area contributed by atoms with Gasteiger partial charge in [-0.05, 0) is 25.0 Å². The molecule has 0 unspecified atom stereocenters. The molecule has 3 rings (SSSR count). The third kappa shape index (κ3) is 3.65. The lowest BCUT2D eigenvalue weighted by Crippen LogP contribution is -2.37. The van der Waals surface area contributed by atoms with Gasteiger partial charge in [0, 0.05) is 24.0 Å². The molecule has 6 nitrogen and oxygen atoms in total. The molecule has 1 N–H and O–H groups in total. The van der Waals surface area contributed by atoms with Crippen molar-refractivity contribution < 1.29 is 9.32 Å². The third-order valence-corrected chi connectivity index (χ3v) is 3.68. The van der Waals surface area contributed by atoms with E-state index in [1.54, 1.807) is 24.5 Å². The van der Waals surface area contributed by atoms with E-state index in [0.717, 1.165) is 18.4 Å². The van der Waals surface area contributed by atoms with Crippen molar-refractivity contribution in [3.05, 3.63) is 30.4 Å². The summed E-state index contributed by atoms with van der Waals surface area (Å²) < 4.78 is 5.17. The quantitative estimate of drug-likeness (QED) is 0.931. The number of carbonyl (C=O) groups excluding carboxylic acids is 1. The van der Waals surface area contributed by atoms with Crippen LogP contribution in [0.3, 0.4) is 0 Å². The highest BCUT2D eigenvalue weighted by Crippen LogP contribution is 2.18. The molecule has 0 bridgehead atoms. The first kappa shape index (κ1) is 13.7. The van der Waals surface area contributed by atoms with E-state index in [1.165, 1.54) is 19.3 Å². The zero-order valence-electron chi connectivity index (χ0n) is 11.8. The first-order chi connectivity index (χ1) is 10.3. The van der Waals surface area contributed by atoms with E-state index in [4.69, 9.17) is 4.52 Å². The molecule has 0 saturated heterocycles. The molecule has 1 aliphatic carbocycles. The Kier molecular flexibility index (Phi) is 4.23. The van der Waals surface area contributed by atoms with Gasteiger partial charge in [0.15, 0.2) is 5.82 Å². The maximum absolute atomic E-state index is 12.0. The summed E-state index contributed by atoms with van der Waals surface area (Å²) in [6.07, 6.45) is 9.28. The van der Waals surface area contributed by atoms with Crippen LogP contribution in [-0.2, 0) is 11.2 Å². The molecule has 0 aliphatic heterocycles. The van der Waals surface area contributed by atoms with Gasteiger partial charge in [-0.2, -0.15) is 4.98 Å². The molecule has 1 saturated carbocycles. The van der Waals surface area contributed by atoms with Crippen LogP contribution in [0.15, 0.2) is 29.0 Å². The van der Waals surface area contributed by atoms with Gasteiger partial charge in [-0.3, -0.25) is 9.78 Å². The van der Waals surface area contributed by atoms with Crippen molar-refractivity contribution in [2.24, 2.45) is 0 Å². The molecular weight excluding hydrogens is 268 g/mol. The molecule has 2 aromatic heterocycles. The lowest BCUT2D eigenvalue weighted by molar-refractivity contribution is -0.121. The highest BCUT2D eigenvalue weighted by Gasteiger charge is 2.17. The molecule has 0 spiro atoms. The Morgan fingerprint density at radius 3 is 2.76 bits per heavy atom. The van der Waals surface area contributed by atoms with Gasteiger partial charge in [-0.1, -0.05) is 24.4 Å². The van der Waals surface area contributed by atoms with Crippen LogP contribution in [0.2, 0.25) is 0 Å². The number of pyridine rings is 1. The van der Waals surface area contributed by atoms with Gasteiger partial charge in [0.05, 0.1) is 6.42 Å². The Balaban J connectivity index is 1.58. The van der Waals surface area contributed by atoms with Crippen molar-refractivity contribution in [3.8, 4) is 11.5 Å². The van der Waals surface area contributed by atoms with E-state index in [9.17, 15) is 4.79 Å². The van der Waals surface area contributed by atoms with Crippen molar-refractivity contribution >= 4 is 5.91 Å². The van der Waals surface area contributed by atoms with E-state index >= 15 is 0 Å². The zero-order valence-corrected chi connectivity index (χ0v) is 11.8. The molecule has 0 aromatic carbocycles. The van der Waals surface area contributed by atoms with Crippen LogP contribution in [0.4, 0.5) is 0 Å². The predicted molar refractivity (Wildman–Crippen MR) is 76.2 cm³/mol. The van der Waals surface area contributed by atoms with Crippen molar-refractivity contribution in [3.63, 3.8) is 0 Å². The number of hydrogen-bond donors (Lipinski definition) is 1. The standard InChI is InChI=1S/C15H18N4O2/c20-14(17-12-4-2-1-3-5-12)10-13-18-15(21-19-13)11-6-8-16-9-7-11/h6-9,12H,1-5,10H2,(H,17,20). The summed E-state index contributed by atoms with van der Waals surface area (Å²) in [6, 6.07) is 3.89. The minimum absolute atomic E-state index is 0.0380. The molecule has 21 heavy (non-hydrogen) atoms. The Morgan fingerprint density at radius 2 is 2.00 bits per heavy atom. The van der Waals surface area contributed by atoms with Gasteiger partial charge in [0.2, 0.25) is 5.91 Å². The number of amides is 1. The number of rotatable bonds is 4. The normalized spacial score (nSPS) is 15.8. The van der Waals surface area contributed by atoms with Crippen LogP contribution in [0.1, 0.15) is 37.9 Å². The second-order valence-corrected chi connectivity index (χ2v) is 5.33. The maximum atomic E-state index is 12.0. The smallest absolute Gasteiger partial charge is 0.258 e. The van der Waals surface area contributed by atoms with E-state index in [2.05, 4.69) is 20.4 Å². The fourth-order valence-electron chi connectivity index (χ4n) is 2.61. The Bertz CT molecular complexity index is 591. The molecule has 0 atom stereocenters. The summed E-state index contributed by atoms with van der Waals surface area (Å²) in [5.74, 6) is 0.789. The summed E-state index contributed by atoms with van der Waals surface area (Å²) in [5.41, 5.74) is 0.802. The number of nitrogens with zero attached hydrogens (tertiary/aromatic N) is 3.